The van der Waals surface area contributed by atoms with Gasteiger partial charge in [0.25, 0.3) is 5.91 Å². The van der Waals surface area contributed by atoms with Crippen molar-refractivity contribution in [3.8, 4) is 5.75 Å². The molecule has 6 nitrogen and oxygen atoms in total. The highest BCUT2D eigenvalue weighted by molar-refractivity contribution is 6.04. The van der Waals surface area contributed by atoms with E-state index in [-0.39, 0.29) is 24.3 Å². The SMILES string of the molecule is COc1ccc(CC(=O)Nc2ccccc2C(=O)NC[C@H]2CCCO2)cc1. The van der Waals surface area contributed by atoms with Crippen LogP contribution in [0.3, 0.4) is 0 Å². The number of hydrogen-bond donors (Lipinski definition) is 2. The fourth-order valence-electron chi connectivity index (χ4n) is 3.02. The van der Waals surface area contributed by atoms with E-state index in [1.165, 1.54) is 0 Å². The molecule has 0 spiro atoms. The van der Waals surface area contributed by atoms with Crippen LogP contribution >= 0.6 is 0 Å². The van der Waals surface area contributed by atoms with Gasteiger partial charge in [0.05, 0.1) is 30.9 Å². The average Bonchev–Trinajstić information content (AvgIpc) is 3.21. The quantitative estimate of drug-likeness (QED) is 0.788. The van der Waals surface area contributed by atoms with Crippen molar-refractivity contribution < 1.29 is 19.1 Å². The van der Waals surface area contributed by atoms with E-state index in [4.69, 9.17) is 9.47 Å². The van der Waals surface area contributed by atoms with Gasteiger partial charge in [-0.3, -0.25) is 9.59 Å². The Labute approximate surface area is 158 Å². The third-order valence-corrected chi connectivity index (χ3v) is 4.48. The summed E-state index contributed by atoms with van der Waals surface area (Å²) in [6.07, 6.45) is 2.28. The summed E-state index contributed by atoms with van der Waals surface area (Å²) in [5, 5.41) is 5.72. The van der Waals surface area contributed by atoms with Gasteiger partial charge >= 0.3 is 0 Å². The molecule has 0 aromatic heterocycles. The van der Waals surface area contributed by atoms with Crippen LogP contribution in [0.4, 0.5) is 5.69 Å². The third-order valence-electron chi connectivity index (χ3n) is 4.48. The summed E-state index contributed by atoms with van der Waals surface area (Å²) in [6.45, 7) is 1.23. The predicted molar refractivity (Wildman–Crippen MR) is 103 cm³/mol. The van der Waals surface area contributed by atoms with E-state index in [9.17, 15) is 9.59 Å². The monoisotopic (exact) mass is 368 g/mol. The Hall–Kier alpha value is -2.86. The molecule has 27 heavy (non-hydrogen) atoms. The summed E-state index contributed by atoms with van der Waals surface area (Å²) in [5.74, 6) is 0.345. The molecule has 1 aliphatic rings. The lowest BCUT2D eigenvalue weighted by atomic mass is 10.1. The third kappa shape index (κ3) is 5.31. The van der Waals surface area contributed by atoms with Crippen LogP contribution in [-0.2, 0) is 16.0 Å². The minimum absolute atomic E-state index is 0.0748. The number of carbonyl (C=O) groups is 2. The van der Waals surface area contributed by atoms with E-state index in [1.54, 1.807) is 31.4 Å². The van der Waals surface area contributed by atoms with Crippen molar-refractivity contribution >= 4 is 17.5 Å². The summed E-state index contributed by atoms with van der Waals surface area (Å²) >= 11 is 0. The van der Waals surface area contributed by atoms with Crippen LogP contribution in [0.2, 0.25) is 0 Å². The molecule has 0 radical (unpaired) electrons. The number of amides is 2. The molecule has 2 aromatic rings. The molecule has 2 N–H and O–H groups in total. The topological polar surface area (TPSA) is 76.7 Å². The van der Waals surface area contributed by atoms with Crippen LogP contribution in [0.5, 0.6) is 5.75 Å². The maximum absolute atomic E-state index is 12.5. The maximum Gasteiger partial charge on any atom is 0.253 e. The first-order valence-electron chi connectivity index (χ1n) is 9.07. The van der Waals surface area contributed by atoms with Gasteiger partial charge in [0.15, 0.2) is 0 Å². The van der Waals surface area contributed by atoms with Gasteiger partial charge in [-0.1, -0.05) is 24.3 Å². The summed E-state index contributed by atoms with van der Waals surface area (Å²) in [7, 11) is 1.60. The zero-order chi connectivity index (χ0) is 19.1. The summed E-state index contributed by atoms with van der Waals surface area (Å²) in [4.78, 5) is 24.9. The Balaban J connectivity index is 1.60. The van der Waals surface area contributed by atoms with Gasteiger partial charge in [-0.2, -0.15) is 0 Å². The minimum Gasteiger partial charge on any atom is -0.497 e. The zero-order valence-corrected chi connectivity index (χ0v) is 15.4. The maximum atomic E-state index is 12.5. The molecule has 6 heteroatoms. The molecule has 0 bridgehead atoms. The van der Waals surface area contributed by atoms with Crippen molar-refractivity contribution in [1.82, 2.24) is 5.32 Å². The van der Waals surface area contributed by atoms with E-state index in [0.717, 1.165) is 30.8 Å². The van der Waals surface area contributed by atoms with Gasteiger partial charge < -0.3 is 20.1 Å². The first kappa shape index (κ1) is 18.9. The molecule has 1 atom stereocenters. The Bertz CT molecular complexity index is 783. The lowest BCUT2D eigenvalue weighted by molar-refractivity contribution is -0.115. The lowest BCUT2D eigenvalue weighted by Crippen LogP contribution is -2.32. The number of nitrogens with one attached hydrogen (secondary N) is 2. The fraction of sp³-hybridized carbons (Fsp3) is 0.333. The number of anilines is 1. The lowest BCUT2D eigenvalue weighted by Gasteiger charge is -2.14. The van der Waals surface area contributed by atoms with Gasteiger partial charge in [-0.15, -0.1) is 0 Å². The van der Waals surface area contributed by atoms with Crippen LogP contribution in [-0.4, -0.2) is 38.2 Å². The Morgan fingerprint density at radius 2 is 1.93 bits per heavy atom. The standard InChI is InChI=1S/C21H24N2O4/c1-26-16-10-8-15(9-11-16)13-20(24)23-19-7-3-2-6-18(19)21(25)22-14-17-5-4-12-27-17/h2-3,6-11,17H,4-5,12-14H2,1H3,(H,22,25)(H,23,24)/t17-/m1/s1. The molecule has 0 unspecified atom stereocenters. The molecule has 1 aliphatic heterocycles. The molecule has 1 fully saturated rings. The Morgan fingerprint density at radius 1 is 1.15 bits per heavy atom. The van der Waals surface area contributed by atoms with E-state index in [0.29, 0.717) is 17.8 Å². The van der Waals surface area contributed by atoms with Crippen molar-refractivity contribution in [2.75, 3.05) is 25.6 Å². The number of para-hydroxylation sites is 1. The molecule has 2 amide bonds. The first-order chi connectivity index (χ1) is 13.2. The number of rotatable bonds is 7. The fourth-order valence-corrected chi connectivity index (χ4v) is 3.02. The zero-order valence-electron chi connectivity index (χ0n) is 15.4. The normalized spacial score (nSPS) is 16.0. The van der Waals surface area contributed by atoms with Crippen LogP contribution in [0.25, 0.3) is 0 Å². The number of carbonyl (C=O) groups excluding carboxylic acids is 2. The molecular weight excluding hydrogens is 344 g/mol. The van der Waals surface area contributed by atoms with Crippen LogP contribution in [0.15, 0.2) is 48.5 Å². The van der Waals surface area contributed by atoms with Crippen molar-refractivity contribution in [1.29, 1.82) is 0 Å². The number of ether oxygens (including phenoxy) is 2. The van der Waals surface area contributed by atoms with Gasteiger partial charge in [-0.25, -0.2) is 0 Å². The van der Waals surface area contributed by atoms with E-state index >= 15 is 0 Å². The molecule has 0 saturated carbocycles. The molecular formula is C21H24N2O4. The second kappa shape index (κ2) is 9.19. The van der Waals surface area contributed by atoms with Crippen LogP contribution < -0.4 is 15.4 Å². The summed E-state index contributed by atoms with van der Waals surface area (Å²) < 4.78 is 10.6. The largest absolute Gasteiger partial charge is 0.497 e. The number of hydrogen-bond acceptors (Lipinski definition) is 4. The van der Waals surface area contributed by atoms with E-state index < -0.39 is 0 Å². The smallest absolute Gasteiger partial charge is 0.253 e. The van der Waals surface area contributed by atoms with E-state index in [1.807, 2.05) is 24.3 Å². The number of methoxy groups -OCH3 is 1. The highest BCUT2D eigenvalue weighted by Crippen LogP contribution is 2.17. The number of benzene rings is 2. The average molecular weight is 368 g/mol. The van der Waals surface area contributed by atoms with Gasteiger partial charge in [0.1, 0.15) is 5.75 Å². The minimum atomic E-state index is -0.217. The van der Waals surface area contributed by atoms with Crippen molar-refractivity contribution in [3.63, 3.8) is 0 Å². The summed E-state index contributed by atoms with van der Waals surface area (Å²) in [5.41, 5.74) is 1.81. The van der Waals surface area contributed by atoms with Crippen molar-refractivity contribution in [2.45, 2.75) is 25.4 Å². The highest BCUT2D eigenvalue weighted by Gasteiger charge is 2.18. The molecule has 0 aliphatic carbocycles. The second-order valence-corrected chi connectivity index (χ2v) is 6.46. The molecule has 142 valence electrons. The van der Waals surface area contributed by atoms with Gasteiger partial charge in [0.2, 0.25) is 5.91 Å². The Kier molecular flexibility index (Phi) is 6.44. The summed E-state index contributed by atoms with van der Waals surface area (Å²) in [6, 6.07) is 14.3. The van der Waals surface area contributed by atoms with E-state index in [2.05, 4.69) is 10.6 Å². The van der Waals surface area contributed by atoms with Gasteiger partial charge in [0, 0.05) is 13.2 Å². The molecule has 2 aromatic carbocycles. The van der Waals surface area contributed by atoms with Crippen molar-refractivity contribution in [2.24, 2.45) is 0 Å². The van der Waals surface area contributed by atoms with Crippen LogP contribution in [0, 0.1) is 0 Å². The molecule has 1 saturated heterocycles. The second-order valence-electron chi connectivity index (χ2n) is 6.46. The Morgan fingerprint density at radius 3 is 2.63 bits per heavy atom. The molecule has 3 rings (SSSR count). The predicted octanol–water partition coefficient (Wildman–Crippen LogP) is 2.79. The van der Waals surface area contributed by atoms with Crippen molar-refractivity contribution in [3.05, 3.63) is 59.7 Å². The van der Waals surface area contributed by atoms with Gasteiger partial charge in [-0.05, 0) is 42.7 Å². The first-order valence-corrected chi connectivity index (χ1v) is 9.07. The highest BCUT2D eigenvalue weighted by atomic mass is 16.5. The van der Waals surface area contributed by atoms with Crippen LogP contribution in [0.1, 0.15) is 28.8 Å². The molecule has 1 heterocycles.